The Kier molecular flexibility index (Phi) is 7.02. The molecular formula is C14H22Cl2N2. The van der Waals surface area contributed by atoms with Crippen LogP contribution in [0.3, 0.4) is 0 Å². The van der Waals surface area contributed by atoms with Crippen LogP contribution in [0, 0.1) is 0 Å². The normalized spacial score (nSPS) is 13.0. The van der Waals surface area contributed by atoms with E-state index in [0.717, 1.165) is 12.1 Å². The highest BCUT2D eigenvalue weighted by Crippen LogP contribution is 2.32. The first-order chi connectivity index (χ1) is 8.61. The van der Waals surface area contributed by atoms with Crippen LogP contribution in [0.1, 0.15) is 37.8 Å². The van der Waals surface area contributed by atoms with Crippen molar-refractivity contribution < 1.29 is 0 Å². The van der Waals surface area contributed by atoms with Gasteiger partial charge in [0, 0.05) is 28.2 Å². The molecule has 0 aliphatic carbocycles. The molecule has 0 bridgehead atoms. The lowest BCUT2D eigenvalue weighted by atomic mass is 10.0. The van der Waals surface area contributed by atoms with Crippen molar-refractivity contribution in [3.05, 3.63) is 33.8 Å². The van der Waals surface area contributed by atoms with Gasteiger partial charge < -0.3 is 5.73 Å². The van der Waals surface area contributed by atoms with Gasteiger partial charge in [-0.15, -0.1) is 0 Å². The molecule has 2 nitrogen and oxygen atoms in total. The fourth-order valence-electron chi connectivity index (χ4n) is 2.11. The van der Waals surface area contributed by atoms with Gasteiger partial charge >= 0.3 is 0 Å². The van der Waals surface area contributed by atoms with Crippen molar-refractivity contribution in [1.82, 2.24) is 4.90 Å². The Labute approximate surface area is 120 Å². The lowest BCUT2D eigenvalue weighted by Crippen LogP contribution is -2.31. The molecule has 1 unspecified atom stereocenters. The number of unbranched alkanes of at least 4 members (excludes halogenated alkanes) is 2. The molecular weight excluding hydrogens is 267 g/mol. The summed E-state index contributed by atoms with van der Waals surface area (Å²) in [5.41, 5.74) is 6.84. The molecule has 0 aromatic heterocycles. The average molecular weight is 289 g/mol. The zero-order valence-electron chi connectivity index (χ0n) is 11.1. The Morgan fingerprint density at radius 2 is 1.83 bits per heavy atom. The van der Waals surface area contributed by atoms with Gasteiger partial charge in [-0.1, -0.05) is 49.0 Å². The maximum atomic E-state index is 6.24. The molecule has 1 rings (SSSR count). The molecule has 0 saturated carbocycles. The molecule has 102 valence electrons. The smallest absolute Gasteiger partial charge is 0.0496 e. The third kappa shape index (κ3) is 4.13. The number of nitrogens with two attached hydrogens (primary N) is 1. The number of benzene rings is 1. The molecule has 0 heterocycles. The van der Waals surface area contributed by atoms with Crippen LogP contribution in [0.15, 0.2) is 18.2 Å². The molecule has 1 atom stereocenters. The van der Waals surface area contributed by atoms with E-state index in [4.69, 9.17) is 28.9 Å². The fourth-order valence-corrected chi connectivity index (χ4v) is 2.76. The van der Waals surface area contributed by atoms with E-state index in [1.54, 1.807) is 0 Å². The van der Waals surface area contributed by atoms with Gasteiger partial charge in [-0.2, -0.15) is 0 Å². The summed E-state index contributed by atoms with van der Waals surface area (Å²) in [5, 5.41) is 1.39. The Morgan fingerprint density at radius 3 is 2.33 bits per heavy atom. The minimum atomic E-state index is 0.0862. The average Bonchev–Trinajstić information content (AvgIpc) is 2.34. The van der Waals surface area contributed by atoms with Gasteiger partial charge in [0.05, 0.1) is 0 Å². The Hall–Kier alpha value is -0.280. The zero-order chi connectivity index (χ0) is 13.5. The summed E-state index contributed by atoms with van der Waals surface area (Å²) in [5.74, 6) is 0. The molecule has 2 N–H and O–H groups in total. The summed E-state index contributed by atoms with van der Waals surface area (Å²) in [6.45, 7) is 3.73. The van der Waals surface area contributed by atoms with Crippen molar-refractivity contribution in [3.63, 3.8) is 0 Å². The summed E-state index contributed by atoms with van der Waals surface area (Å²) >= 11 is 12.5. The second kappa shape index (κ2) is 8.00. The molecule has 0 amide bonds. The monoisotopic (exact) mass is 288 g/mol. The molecule has 0 spiro atoms. The zero-order valence-corrected chi connectivity index (χ0v) is 12.6. The van der Waals surface area contributed by atoms with Gasteiger partial charge in [-0.25, -0.2) is 0 Å². The number of hydrogen-bond donors (Lipinski definition) is 1. The standard InChI is InChI=1S/C14H22Cl2N2/c1-3-4-5-9-18(2)13(10-17)14-11(15)7-6-8-12(14)16/h6-8,13H,3-5,9-10,17H2,1-2H3. The van der Waals surface area contributed by atoms with Gasteiger partial charge in [0.25, 0.3) is 0 Å². The van der Waals surface area contributed by atoms with E-state index in [1.165, 1.54) is 19.3 Å². The number of nitrogens with zero attached hydrogens (tertiary/aromatic N) is 1. The number of halogens is 2. The highest BCUT2D eigenvalue weighted by atomic mass is 35.5. The predicted molar refractivity (Wildman–Crippen MR) is 80.4 cm³/mol. The predicted octanol–water partition coefficient (Wildman–Crippen LogP) is 4.12. The molecule has 0 fully saturated rings. The van der Waals surface area contributed by atoms with Crippen molar-refractivity contribution in [3.8, 4) is 0 Å². The molecule has 18 heavy (non-hydrogen) atoms. The van der Waals surface area contributed by atoms with Crippen LogP contribution in [0.25, 0.3) is 0 Å². The quantitative estimate of drug-likeness (QED) is 0.765. The summed E-state index contributed by atoms with van der Waals surface area (Å²) in [6.07, 6.45) is 3.62. The molecule has 4 heteroatoms. The second-order valence-corrected chi connectivity index (χ2v) is 5.39. The van der Waals surface area contributed by atoms with E-state index >= 15 is 0 Å². The van der Waals surface area contributed by atoms with Crippen LogP contribution in [-0.4, -0.2) is 25.0 Å². The SMILES string of the molecule is CCCCCN(C)C(CN)c1c(Cl)cccc1Cl. The summed E-state index contributed by atoms with van der Waals surface area (Å²) in [4.78, 5) is 2.24. The van der Waals surface area contributed by atoms with Crippen molar-refractivity contribution in [2.24, 2.45) is 5.73 Å². The molecule has 0 aliphatic heterocycles. The second-order valence-electron chi connectivity index (χ2n) is 4.57. The number of hydrogen-bond acceptors (Lipinski definition) is 2. The topological polar surface area (TPSA) is 29.3 Å². The first kappa shape index (κ1) is 15.8. The Morgan fingerprint density at radius 1 is 1.22 bits per heavy atom. The minimum Gasteiger partial charge on any atom is -0.329 e. The van der Waals surface area contributed by atoms with Gasteiger partial charge in [-0.3, -0.25) is 4.90 Å². The Balaban J connectivity index is 2.82. The van der Waals surface area contributed by atoms with Gasteiger partial charge in [0.1, 0.15) is 0 Å². The molecule has 1 aromatic rings. The summed E-state index contributed by atoms with van der Waals surface area (Å²) < 4.78 is 0. The van der Waals surface area contributed by atoms with E-state index in [2.05, 4.69) is 18.9 Å². The third-order valence-electron chi connectivity index (χ3n) is 3.20. The van der Waals surface area contributed by atoms with Crippen LogP contribution in [-0.2, 0) is 0 Å². The largest absolute Gasteiger partial charge is 0.329 e. The van der Waals surface area contributed by atoms with E-state index in [-0.39, 0.29) is 6.04 Å². The van der Waals surface area contributed by atoms with Crippen LogP contribution in [0.2, 0.25) is 10.0 Å². The van der Waals surface area contributed by atoms with Crippen molar-refractivity contribution >= 4 is 23.2 Å². The fraction of sp³-hybridized carbons (Fsp3) is 0.571. The number of likely N-dealkylation sites (N-methyl/N-ethyl adjacent to an activating group) is 1. The maximum absolute atomic E-state index is 6.24. The van der Waals surface area contributed by atoms with Crippen LogP contribution < -0.4 is 5.73 Å². The van der Waals surface area contributed by atoms with Gasteiger partial charge in [-0.05, 0) is 32.1 Å². The minimum absolute atomic E-state index is 0.0862. The highest BCUT2D eigenvalue weighted by Gasteiger charge is 2.20. The van der Waals surface area contributed by atoms with Crippen molar-refractivity contribution in [2.75, 3.05) is 20.1 Å². The van der Waals surface area contributed by atoms with Crippen LogP contribution in [0.4, 0.5) is 0 Å². The first-order valence-electron chi connectivity index (χ1n) is 6.46. The van der Waals surface area contributed by atoms with E-state index in [1.807, 2.05) is 18.2 Å². The Bertz CT molecular complexity index is 349. The van der Waals surface area contributed by atoms with Crippen LogP contribution >= 0.6 is 23.2 Å². The third-order valence-corrected chi connectivity index (χ3v) is 3.86. The number of rotatable bonds is 7. The highest BCUT2D eigenvalue weighted by molar-refractivity contribution is 6.36. The lowest BCUT2D eigenvalue weighted by molar-refractivity contribution is 0.245. The van der Waals surface area contributed by atoms with Crippen LogP contribution in [0.5, 0.6) is 0 Å². The summed E-state index contributed by atoms with van der Waals surface area (Å²) in [6, 6.07) is 5.68. The van der Waals surface area contributed by atoms with E-state index in [9.17, 15) is 0 Å². The molecule has 0 radical (unpaired) electrons. The first-order valence-corrected chi connectivity index (χ1v) is 7.21. The maximum Gasteiger partial charge on any atom is 0.0496 e. The van der Waals surface area contributed by atoms with Crippen molar-refractivity contribution in [2.45, 2.75) is 32.2 Å². The molecule has 1 aromatic carbocycles. The molecule has 0 saturated heterocycles. The van der Waals surface area contributed by atoms with Gasteiger partial charge in [0.2, 0.25) is 0 Å². The summed E-state index contributed by atoms with van der Waals surface area (Å²) in [7, 11) is 2.08. The van der Waals surface area contributed by atoms with Crippen molar-refractivity contribution in [1.29, 1.82) is 0 Å². The van der Waals surface area contributed by atoms with E-state index in [0.29, 0.717) is 16.6 Å². The van der Waals surface area contributed by atoms with Gasteiger partial charge in [0.15, 0.2) is 0 Å². The lowest BCUT2D eigenvalue weighted by Gasteiger charge is -2.28. The van der Waals surface area contributed by atoms with E-state index < -0.39 is 0 Å². The molecule has 0 aliphatic rings.